The van der Waals surface area contributed by atoms with Gasteiger partial charge in [-0.15, -0.1) is 0 Å². The van der Waals surface area contributed by atoms with Crippen molar-refractivity contribution >= 4 is 11.8 Å². The van der Waals surface area contributed by atoms with E-state index in [1.54, 1.807) is 12.1 Å². The van der Waals surface area contributed by atoms with Gasteiger partial charge in [-0.2, -0.15) is 0 Å². The molecule has 1 aromatic rings. The van der Waals surface area contributed by atoms with E-state index >= 15 is 0 Å². The Morgan fingerprint density at radius 3 is 2.68 bits per heavy atom. The number of carbonyl (C=O) groups excluding carboxylic acids is 2. The van der Waals surface area contributed by atoms with E-state index in [1.165, 1.54) is 13.3 Å². The fourth-order valence-electron chi connectivity index (χ4n) is 2.03. The predicted molar refractivity (Wildman–Crippen MR) is 67.6 cm³/mol. The van der Waals surface area contributed by atoms with Gasteiger partial charge in [0.1, 0.15) is 5.78 Å². The van der Waals surface area contributed by atoms with Crippen molar-refractivity contribution in [1.29, 1.82) is 0 Å². The molecule has 1 aromatic heterocycles. The largest absolute Gasteiger partial charge is 0.465 e. The van der Waals surface area contributed by atoms with E-state index in [4.69, 9.17) is 4.74 Å². The Morgan fingerprint density at radius 2 is 2.11 bits per heavy atom. The summed E-state index contributed by atoms with van der Waals surface area (Å²) in [4.78, 5) is 26.5. The summed E-state index contributed by atoms with van der Waals surface area (Å²) in [6.45, 7) is 0.403. The van der Waals surface area contributed by atoms with Gasteiger partial charge in [-0.05, 0) is 25.0 Å². The quantitative estimate of drug-likeness (QED) is 0.776. The SMILES string of the molecule is COC(=O)c1ccc(COC2CCC(=O)CC2)nc1. The Labute approximate surface area is 111 Å². The molecule has 19 heavy (non-hydrogen) atoms. The smallest absolute Gasteiger partial charge is 0.339 e. The van der Waals surface area contributed by atoms with Gasteiger partial charge in [-0.3, -0.25) is 9.78 Å². The number of rotatable bonds is 4. The zero-order valence-electron chi connectivity index (χ0n) is 10.9. The second-order valence-corrected chi connectivity index (χ2v) is 4.58. The van der Waals surface area contributed by atoms with Crippen LogP contribution in [0, 0.1) is 0 Å². The summed E-state index contributed by atoms with van der Waals surface area (Å²) < 4.78 is 10.3. The van der Waals surface area contributed by atoms with Crippen LogP contribution in [0.4, 0.5) is 0 Å². The topological polar surface area (TPSA) is 65.5 Å². The van der Waals surface area contributed by atoms with Gasteiger partial charge in [0, 0.05) is 19.0 Å². The molecule has 0 N–H and O–H groups in total. The van der Waals surface area contributed by atoms with Gasteiger partial charge in [0.15, 0.2) is 0 Å². The van der Waals surface area contributed by atoms with Crippen molar-refractivity contribution < 1.29 is 19.1 Å². The Kier molecular flexibility index (Phi) is 4.63. The van der Waals surface area contributed by atoms with Crippen molar-refractivity contribution in [3.8, 4) is 0 Å². The number of hydrogen-bond acceptors (Lipinski definition) is 5. The van der Waals surface area contributed by atoms with E-state index in [-0.39, 0.29) is 6.10 Å². The molecule has 1 aliphatic carbocycles. The first-order valence-corrected chi connectivity index (χ1v) is 6.35. The first-order valence-electron chi connectivity index (χ1n) is 6.35. The van der Waals surface area contributed by atoms with Crippen LogP contribution in [0.3, 0.4) is 0 Å². The number of ether oxygens (including phenoxy) is 2. The third-order valence-electron chi connectivity index (χ3n) is 3.20. The summed E-state index contributed by atoms with van der Waals surface area (Å²) in [5, 5.41) is 0. The minimum atomic E-state index is -0.397. The van der Waals surface area contributed by atoms with Crippen LogP contribution in [0.1, 0.15) is 41.7 Å². The zero-order chi connectivity index (χ0) is 13.7. The second-order valence-electron chi connectivity index (χ2n) is 4.58. The lowest BCUT2D eigenvalue weighted by Gasteiger charge is -2.21. The molecule has 0 amide bonds. The number of hydrogen-bond donors (Lipinski definition) is 0. The minimum Gasteiger partial charge on any atom is -0.465 e. The van der Waals surface area contributed by atoms with Crippen molar-refractivity contribution in [3.63, 3.8) is 0 Å². The highest BCUT2D eigenvalue weighted by molar-refractivity contribution is 5.88. The van der Waals surface area contributed by atoms with Crippen LogP contribution in [-0.4, -0.2) is 30.0 Å². The molecule has 1 heterocycles. The predicted octanol–water partition coefficient (Wildman–Crippen LogP) is 1.90. The summed E-state index contributed by atoms with van der Waals surface area (Å²) >= 11 is 0. The minimum absolute atomic E-state index is 0.139. The third kappa shape index (κ3) is 3.86. The number of Topliss-reactive ketones (excluding diaryl/α,β-unsaturated/α-hetero) is 1. The van der Waals surface area contributed by atoms with Gasteiger partial charge in [-0.1, -0.05) is 0 Å². The molecule has 0 aliphatic heterocycles. The molecule has 1 saturated carbocycles. The molecule has 102 valence electrons. The van der Waals surface area contributed by atoms with Crippen LogP contribution in [-0.2, 0) is 20.9 Å². The number of carbonyl (C=O) groups is 2. The van der Waals surface area contributed by atoms with Crippen molar-refractivity contribution in [2.24, 2.45) is 0 Å². The first kappa shape index (κ1) is 13.7. The molecular formula is C14H17NO4. The summed E-state index contributed by atoms with van der Waals surface area (Å²) in [6, 6.07) is 3.42. The third-order valence-corrected chi connectivity index (χ3v) is 3.20. The molecule has 1 fully saturated rings. The summed E-state index contributed by atoms with van der Waals surface area (Å²) in [6.07, 6.45) is 4.42. The number of esters is 1. The van der Waals surface area contributed by atoms with E-state index in [9.17, 15) is 9.59 Å². The van der Waals surface area contributed by atoms with Crippen molar-refractivity contribution in [2.75, 3.05) is 7.11 Å². The summed E-state index contributed by atoms with van der Waals surface area (Å²) in [5.74, 6) is -0.0776. The van der Waals surface area contributed by atoms with Gasteiger partial charge in [-0.25, -0.2) is 4.79 Å². The summed E-state index contributed by atoms with van der Waals surface area (Å²) in [7, 11) is 1.34. The maximum Gasteiger partial charge on any atom is 0.339 e. The van der Waals surface area contributed by atoms with E-state index in [1.807, 2.05) is 0 Å². The molecule has 0 aromatic carbocycles. The lowest BCUT2D eigenvalue weighted by molar-refractivity contribution is -0.123. The van der Waals surface area contributed by atoms with Crippen LogP contribution in [0.5, 0.6) is 0 Å². The van der Waals surface area contributed by atoms with Crippen LogP contribution < -0.4 is 0 Å². The average molecular weight is 263 g/mol. The highest BCUT2D eigenvalue weighted by Crippen LogP contribution is 2.19. The van der Waals surface area contributed by atoms with Gasteiger partial charge in [0.2, 0.25) is 0 Å². The Hall–Kier alpha value is -1.75. The van der Waals surface area contributed by atoms with Crippen molar-refractivity contribution in [2.45, 2.75) is 38.4 Å². The molecule has 0 atom stereocenters. The molecule has 0 radical (unpaired) electrons. The van der Waals surface area contributed by atoms with Crippen LogP contribution >= 0.6 is 0 Å². The molecule has 5 nitrogen and oxygen atoms in total. The lowest BCUT2D eigenvalue weighted by Crippen LogP contribution is -2.21. The fraction of sp³-hybridized carbons (Fsp3) is 0.500. The van der Waals surface area contributed by atoms with Crippen molar-refractivity contribution in [1.82, 2.24) is 4.98 Å². The van der Waals surface area contributed by atoms with Crippen LogP contribution in [0.2, 0.25) is 0 Å². The Bertz CT molecular complexity index is 445. The number of ketones is 1. The molecule has 0 spiro atoms. The van der Waals surface area contributed by atoms with Crippen LogP contribution in [0.15, 0.2) is 18.3 Å². The van der Waals surface area contributed by atoms with E-state index in [2.05, 4.69) is 9.72 Å². The van der Waals surface area contributed by atoms with Crippen LogP contribution in [0.25, 0.3) is 0 Å². The Morgan fingerprint density at radius 1 is 1.37 bits per heavy atom. The van der Waals surface area contributed by atoms with E-state index in [0.717, 1.165) is 18.5 Å². The second kappa shape index (κ2) is 6.43. The highest BCUT2D eigenvalue weighted by Gasteiger charge is 2.19. The summed E-state index contributed by atoms with van der Waals surface area (Å²) in [5.41, 5.74) is 1.19. The molecule has 2 rings (SSSR count). The molecule has 5 heteroatoms. The molecule has 0 saturated heterocycles. The zero-order valence-corrected chi connectivity index (χ0v) is 10.9. The first-order chi connectivity index (χ1) is 9.19. The maximum atomic E-state index is 11.2. The normalized spacial score (nSPS) is 16.4. The highest BCUT2D eigenvalue weighted by atomic mass is 16.5. The number of pyridine rings is 1. The van der Waals surface area contributed by atoms with Gasteiger partial charge < -0.3 is 9.47 Å². The van der Waals surface area contributed by atoms with Gasteiger partial charge >= 0.3 is 5.97 Å². The molecule has 0 bridgehead atoms. The lowest BCUT2D eigenvalue weighted by atomic mass is 9.96. The van der Waals surface area contributed by atoms with Crippen molar-refractivity contribution in [3.05, 3.63) is 29.6 Å². The van der Waals surface area contributed by atoms with E-state index in [0.29, 0.717) is 30.8 Å². The number of aromatic nitrogens is 1. The number of methoxy groups -OCH3 is 1. The number of nitrogens with zero attached hydrogens (tertiary/aromatic N) is 1. The fourth-order valence-corrected chi connectivity index (χ4v) is 2.03. The molecule has 0 unspecified atom stereocenters. The van der Waals surface area contributed by atoms with Gasteiger partial charge in [0.25, 0.3) is 0 Å². The molecular weight excluding hydrogens is 246 g/mol. The maximum absolute atomic E-state index is 11.2. The van der Waals surface area contributed by atoms with Gasteiger partial charge in [0.05, 0.1) is 31.1 Å². The monoisotopic (exact) mass is 263 g/mol. The standard InChI is InChI=1S/C14H17NO4/c1-18-14(17)10-2-3-11(15-8-10)9-19-13-6-4-12(16)5-7-13/h2-3,8,13H,4-7,9H2,1H3. The van der Waals surface area contributed by atoms with E-state index < -0.39 is 5.97 Å². The molecule has 1 aliphatic rings. The Balaban J connectivity index is 1.83. The average Bonchev–Trinajstić information content (AvgIpc) is 2.46.